The molecule has 5 heteroatoms. The summed E-state index contributed by atoms with van der Waals surface area (Å²) in [6, 6.07) is 18.8. The van der Waals surface area contributed by atoms with Crippen molar-refractivity contribution >= 4 is 35.1 Å². The molecule has 0 N–H and O–H groups in total. The van der Waals surface area contributed by atoms with Crippen LogP contribution in [-0.2, 0) is 16.1 Å². The molecule has 0 radical (unpaired) electrons. The van der Waals surface area contributed by atoms with Crippen LogP contribution in [0.4, 0.5) is 0 Å². The van der Waals surface area contributed by atoms with Crippen molar-refractivity contribution in [1.29, 1.82) is 0 Å². The Morgan fingerprint density at radius 1 is 1.04 bits per heavy atom. The lowest BCUT2D eigenvalue weighted by atomic mass is 10.2. The van der Waals surface area contributed by atoms with Crippen LogP contribution in [0.2, 0.25) is 0 Å². The molecule has 2 rings (SSSR count). The van der Waals surface area contributed by atoms with Gasteiger partial charge < -0.3 is 9.64 Å². The quantitative estimate of drug-likeness (QED) is 0.340. The number of esters is 1. The van der Waals surface area contributed by atoms with Crippen LogP contribution < -0.4 is 10.6 Å². The molecule has 2 aromatic carbocycles. The zero-order valence-corrected chi connectivity index (χ0v) is 17.2. The minimum Gasteiger partial charge on any atom is -0.466 e. The van der Waals surface area contributed by atoms with Crippen molar-refractivity contribution in [3.8, 4) is 0 Å². The Labute approximate surface area is 162 Å². The van der Waals surface area contributed by atoms with Gasteiger partial charge in [-0.3, -0.25) is 4.79 Å². The lowest BCUT2D eigenvalue weighted by Crippen LogP contribution is -2.23. The lowest BCUT2D eigenvalue weighted by Gasteiger charge is -2.21. The van der Waals surface area contributed by atoms with E-state index in [0.29, 0.717) is 6.61 Å². The SMILES string of the molecule is CC(=O)OCCCCCN(C)Cc1ccccc1P(Cl)c1ccccc1. The fourth-order valence-corrected chi connectivity index (χ4v) is 4.94. The number of nitrogens with zero attached hydrogens (tertiary/aromatic N) is 1. The van der Waals surface area contributed by atoms with E-state index >= 15 is 0 Å². The first-order chi connectivity index (χ1) is 12.6. The number of halogens is 1. The van der Waals surface area contributed by atoms with Gasteiger partial charge in [-0.1, -0.05) is 65.8 Å². The third-order valence-corrected chi connectivity index (χ3v) is 6.86. The summed E-state index contributed by atoms with van der Waals surface area (Å²) in [6.45, 7) is 3.88. The van der Waals surface area contributed by atoms with E-state index in [1.54, 1.807) is 0 Å². The second-order valence-electron chi connectivity index (χ2n) is 6.38. The Morgan fingerprint density at radius 3 is 2.46 bits per heavy atom. The van der Waals surface area contributed by atoms with Crippen LogP contribution in [0.1, 0.15) is 31.7 Å². The third-order valence-electron chi connectivity index (χ3n) is 4.12. The van der Waals surface area contributed by atoms with Crippen LogP contribution in [-0.4, -0.2) is 31.1 Å². The van der Waals surface area contributed by atoms with Crippen LogP contribution in [0.5, 0.6) is 0 Å². The monoisotopic (exact) mass is 391 g/mol. The van der Waals surface area contributed by atoms with Gasteiger partial charge in [0.2, 0.25) is 0 Å². The predicted octanol–water partition coefficient (Wildman–Crippen LogP) is 4.44. The van der Waals surface area contributed by atoms with Gasteiger partial charge in [0.05, 0.1) is 13.9 Å². The summed E-state index contributed by atoms with van der Waals surface area (Å²) in [5.41, 5.74) is 1.29. The molecule has 0 fully saturated rings. The molecule has 1 unspecified atom stereocenters. The summed E-state index contributed by atoms with van der Waals surface area (Å²) in [6.07, 6.45) is 3.07. The zero-order chi connectivity index (χ0) is 18.8. The minimum atomic E-state index is -0.852. The average Bonchev–Trinajstić information content (AvgIpc) is 2.65. The molecule has 1 atom stereocenters. The van der Waals surface area contributed by atoms with Crippen molar-refractivity contribution in [3.05, 3.63) is 60.2 Å². The Hall–Kier alpha value is -1.41. The fourth-order valence-electron chi connectivity index (χ4n) is 2.78. The topological polar surface area (TPSA) is 29.5 Å². The van der Waals surface area contributed by atoms with Gasteiger partial charge in [0.15, 0.2) is 0 Å². The Balaban J connectivity index is 1.86. The second kappa shape index (κ2) is 11.3. The molecule has 0 aliphatic rings. The summed E-state index contributed by atoms with van der Waals surface area (Å²) in [7, 11) is 1.29. The number of ether oxygens (including phenoxy) is 1. The van der Waals surface area contributed by atoms with E-state index in [4.69, 9.17) is 16.0 Å². The molecule has 0 saturated heterocycles. The Kier molecular flexibility index (Phi) is 9.11. The van der Waals surface area contributed by atoms with Gasteiger partial charge in [-0.2, -0.15) is 0 Å². The number of carbonyl (C=O) groups is 1. The van der Waals surface area contributed by atoms with E-state index in [2.05, 4.69) is 48.3 Å². The third kappa shape index (κ3) is 7.07. The number of hydrogen-bond acceptors (Lipinski definition) is 3. The maximum atomic E-state index is 10.7. The van der Waals surface area contributed by atoms with Crippen LogP contribution in [0.3, 0.4) is 0 Å². The smallest absolute Gasteiger partial charge is 0.302 e. The van der Waals surface area contributed by atoms with Gasteiger partial charge in [0.1, 0.15) is 0 Å². The number of rotatable bonds is 10. The van der Waals surface area contributed by atoms with Crippen molar-refractivity contribution in [2.75, 3.05) is 20.2 Å². The average molecular weight is 392 g/mol. The molecular weight excluding hydrogens is 365 g/mol. The molecule has 0 heterocycles. The van der Waals surface area contributed by atoms with Crippen LogP contribution in [0.15, 0.2) is 54.6 Å². The molecule has 2 aromatic rings. The molecule has 140 valence electrons. The Morgan fingerprint density at radius 2 is 1.73 bits per heavy atom. The van der Waals surface area contributed by atoms with Crippen molar-refractivity contribution < 1.29 is 9.53 Å². The van der Waals surface area contributed by atoms with Gasteiger partial charge in [-0.15, -0.1) is 0 Å². The highest BCUT2D eigenvalue weighted by Crippen LogP contribution is 2.40. The number of unbranched alkanes of at least 4 members (excludes halogenated alkanes) is 2. The van der Waals surface area contributed by atoms with Gasteiger partial charge in [-0.25, -0.2) is 0 Å². The summed E-state index contributed by atoms with van der Waals surface area (Å²) in [5.74, 6) is -0.199. The first-order valence-corrected chi connectivity index (χ1v) is 11.2. The maximum Gasteiger partial charge on any atom is 0.302 e. The molecular formula is C21H27ClNO2P. The van der Waals surface area contributed by atoms with Crippen molar-refractivity contribution in [3.63, 3.8) is 0 Å². The van der Waals surface area contributed by atoms with E-state index in [1.165, 1.54) is 23.1 Å². The van der Waals surface area contributed by atoms with Gasteiger partial charge in [0, 0.05) is 13.5 Å². The van der Waals surface area contributed by atoms with E-state index in [9.17, 15) is 4.79 Å². The summed E-state index contributed by atoms with van der Waals surface area (Å²) in [5, 5.41) is 2.42. The fraction of sp³-hybridized carbons (Fsp3) is 0.381. The summed E-state index contributed by atoms with van der Waals surface area (Å²) >= 11 is 6.81. The summed E-state index contributed by atoms with van der Waals surface area (Å²) in [4.78, 5) is 13.1. The molecule has 0 aliphatic heterocycles. The van der Waals surface area contributed by atoms with E-state index in [1.807, 2.05) is 18.2 Å². The largest absolute Gasteiger partial charge is 0.466 e. The molecule has 0 aliphatic carbocycles. The lowest BCUT2D eigenvalue weighted by molar-refractivity contribution is -0.141. The Bertz CT molecular complexity index is 681. The summed E-state index contributed by atoms with van der Waals surface area (Å²) < 4.78 is 4.96. The van der Waals surface area contributed by atoms with Gasteiger partial charge in [0.25, 0.3) is 0 Å². The van der Waals surface area contributed by atoms with Crippen molar-refractivity contribution in [2.45, 2.75) is 32.7 Å². The first kappa shape index (κ1) is 20.9. The number of carbonyl (C=O) groups excluding carboxylic acids is 1. The van der Waals surface area contributed by atoms with Crippen molar-refractivity contribution in [2.24, 2.45) is 0 Å². The van der Waals surface area contributed by atoms with Crippen LogP contribution >= 0.6 is 18.5 Å². The standard InChI is InChI=1S/C21H27ClNO2P/c1-18(24)25-16-10-4-9-15-23(2)17-19-11-7-8-14-21(19)26(22)20-12-5-3-6-13-20/h3,5-8,11-14H,4,9-10,15-17H2,1-2H3. The highest BCUT2D eigenvalue weighted by Gasteiger charge is 2.15. The number of benzene rings is 2. The highest BCUT2D eigenvalue weighted by atomic mass is 35.7. The molecule has 0 spiro atoms. The minimum absolute atomic E-state index is 0.199. The van der Waals surface area contributed by atoms with E-state index < -0.39 is 7.27 Å². The van der Waals surface area contributed by atoms with Gasteiger partial charge in [-0.05, 0) is 49.0 Å². The predicted molar refractivity (Wildman–Crippen MR) is 112 cm³/mol. The maximum absolute atomic E-state index is 10.7. The highest BCUT2D eigenvalue weighted by molar-refractivity contribution is 7.95. The molecule has 0 bridgehead atoms. The van der Waals surface area contributed by atoms with Crippen molar-refractivity contribution in [1.82, 2.24) is 4.90 Å². The zero-order valence-electron chi connectivity index (χ0n) is 15.5. The first-order valence-electron chi connectivity index (χ1n) is 8.98. The van der Waals surface area contributed by atoms with Crippen LogP contribution in [0, 0.1) is 0 Å². The molecule has 0 amide bonds. The van der Waals surface area contributed by atoms with E-state index in [-0.39, 0.29) is 5.97 Å². The molecule has 3 nitrogen and oxygen atoms in total. The van der Waals surface area contributed by atoms with E-state index in [0.717, 1.165) is 32.4 Å². The number of hydrogen-bond donors (Lipinski definition) is 0. The normalized spacial score (nSPS) is 12.2. The van der Waals surface area contributed by atoms with Gasteiger partial charge >= 0.3 is 5.97 Å². The molecule has 26 heavy (non-hydrogen) atoms. The van der Waals surface area contributed by atoms with Crippen LogP contribution in [0.25, 0.3) is 0 Å². The molecule has 0 saturated carbocycles. The second-order valence-corrected chi connectivity index (χ2v) is 8.96. The molecule has 0 aromatic heterocycles.